The molecule has 0 radical (unpaired) electrons. The molecule has 3 N–H and O–H groups in total. The van der Waals surface area contributed by atoms with Crippen LogP contribution in [0.3, 0.4) is 0 Å². The maximum absolute atomic E-state index is 5.87. The Morgan fingerprint density at radius 1 is 1.50 bits per heavy atom. The van der Waals surface area contributed by atoms with Crippen molar-refractivity contribution in [3.05, 3.63) is 23.8 Å². The minimum Gasteiger partial charge on any atom is -0.398 e. The Kier molecular flexibility index (Phi) is 3.34. The van der Waals surface area contributed by atoms with Gasteiger partial charge in [0.05, 0.1) is 6.10 Å². The molecule has 2 atom stereocenters. The van der Waals surface area contributed by atoms with E-state index in [-0.39, 0.29) is 0 Å². The molecular weight excluding hydrogens is 200 g/mol. The summed E-state index contributed by atoms with van der Waals surface area (Å²) in [6.07, 6.45) is 1.52. The van der Waals surface area contributed by atoms with Gasteiger partial charge in [0.15, 0.2) is 0 Å². The molecule has 3 heteroatoms. The zero-order valence-corrected chi connectivity index (χ0v) is 9.99. The Morgan fingerprint density at radius 3 is 3.00 bits per heavy atom. The first-order valence-corrected chi connectivity index (χ1v) is 5.89. The number of rotatable bonds is 3. The largest absolute Gasteiger partial charge is 0.398 e. The molecule has 0 spiro atoms. The number of ether oxygens (including phenoxy) is 1. The number of nitrogens with one attached hydrogen (secondary N) is 1. The molecule has 1 fully saturated rings. The summed E-state index contributed by atoms with van der Waals surface area (Å²) >= 11 is 0. The van der Waals surface area contributed by atoms with Gasteiger partial charge in [0.1, 0.15) is 0 Å². The second-order valence-corrected chi connectivity index (χ2v) is 4.53. The molecule has 0 amide bonds. The third kappa shape index (κ3) is 2.30. The van der Waals surface area contributed by atoms with Gasteiger partial charge in [-0.3, -0.25) is 0 Å². The second kappa shape index (κ2) is 4.74. The lowest BCUT2D eigenvalue weighted by molar-refractivity contribution is 0.108. The summed E-state index contributed by atoms with van der Waals surface area (Å²) in [5.74, 6) is 0.612. The lowest BCUT2D eigenvalue weighted by Gasteiger charge is -2.17. The zero-order chi connectivity index (χ0) is 11.5. The molecule has 1 aromatic rings. The van der Waals surface area contributed by atoms with E-state index in [2.05, 4.69) is 18.3 Å². The van der Waals surface area contributed by atoms with E-state index in [1.165, 1.54) is 0 Å². The molecule has 0 aromatic heterocycles. The van der Waals surface area contributed by atoms with Gasteiger partial charge in [-0.25, -0.2) is 0 Å². The minimum absolute atomic E-state index is 0.369. The fraction of sp³-hybridized carbons (Fsp3) is 0.538. The fourth-order valence-corrected chi connectivity index (χ4v) is 2.13. The number of benzene rings is 1. The average Bonchev–Trinajstić information content (AvgIpc) is 2.67. The molecule has 0 aliphatic carbocycles. The van der Waals surface area contributed by atoms with E-state index < -0.39 is 0 Å². The van der Waals surface area contributed by atoms with Gasteiger partial charge in [0.25, 0.3) is 0 Å². The van der Waals surface area contributed by atoms with Crippen molar-refractivity contribution in [1.29, 1.82) is 0 Å². The van der Waals surface area contributed by atoms with Crippen LogP contribution >= 0.6 is 0 Å². The Bertz CT molecular complexity index is 365. The van der Waals surface area contributed by atoms with Crippen LogP contribution in [0.25, 0.3) is 0 Å². The molecule has 88 valence electrons. The van der Waals surface area contributed by atoms with Gasteiger partial charge >= 0.3 is 0 Å². The number of hydrogen-bond donors (Lipinski definition) is 2. The van der Waals surface area contributed by atoms with E-state index in [9.17, 15) is 0 Å². The highest BCUT2D eigenvalue weighted by molar-refractivity contribution is 5.62. The summed E-state index contributed by atoms with van der Waals surface area (Å²) < 4.78 is 5.54. The van der Waals surface area contributed by atoms with Crippen LogP contribution in [0.5, 0.6) is 0 Å². The van der Waals surface area contributed by atoms with E-state index in [0.717, 1.165) is 36.5 Å². The number of hydrogen-bond acceptors (Lipinski definition) is 3. The average molecular weight is 220 g/mol. The third-order valence-electron chi connectivity index (χ3n) is 3.46. The highest BCUT2D eigenvalue weighted by Gasteiger charge is 2.23. The first-order valence-electron chi connectivity index (χ1n) is 5.89. The van der Waals surface area contributed by atoms with Crippen molar-refractivity contribution in [3.8, 4) is 0 Å². The minimum atomic E-state index is 0.369. The molecular formula is C13H20N2O. The Hall–Kier alpha value is -1.22. The van der Waals surface area contributed by atoms with Gasteiger partial charge in [-0.2, -0.15) is 0 Å². The molecule has 1 aliphatic heterocycles. The van der Waals surface area contributed by atoms with Gasteiger partial charge in [-0.1, -0.05) is 6.07 Å². The predicted octanol–water partition coefficient (Wildman–Crippen LogP) is 2.41. The standard InChI is InChI=1S/C13H20N2O/c1-9-12(14)4-3-5-13(9)15-8-11-6-7-16-10(11)2/h3-5,10-11,15H,6-8,14H2,1-2H3. The Balaban J connectivity index is 1.96. The van der Waals surface area contributed by atoms with Crippen molar-refractivity contribution in [3.63, 3.8) is 0 Å². The van der Waals surface area contributed by atoms with Crippen LogP contribution in [0.4, 0.5) is 11.4 Å². The summed E-state index contributed by atoms with van der Waals surface area (Å²) in [5, 5.41) is 3.47. The third-order valence-corrected chi connectivity index (χ3v) is 3.46. The van der Waals surface area contributed by atoms with E-state index in [1.54, 1.807) is 0 Å². The van der Waals surface area contributed by atoms with E-state index in [0.29, 0.717) is 12.0 Å². The molecule has 2 unspecified atom stereocenters. The summed E-state index contributed by atoms with van der Waals surface area (Å²) in [6.45, 7) is 6.05. The number of anilines is 2. The lowest BCUT2D eigenvalue weighted by atomic mass is 10.0. The van der Waals surface area contributed by atoms with Gasteiger partial charge < -0.3 is 15.8 Å². The summed E-state index contributed by atoms with van der Waals surface area (Å²) in [7, 11) is 0. The Morgan fingerprint density at radius 2 is 2.31 bits per heavy atom. The van der Waals surface area contributed by atoms with Gasteiger partial charge in [0.2, 0.25) is 0 Å². The quantitative estimate of drug-likeness (QED) is 0.769. The van der Waals surface area contributed by atoms with Crippen molar-refractivity contribution in [1.82, 2.24) is 0 Å². The van der Waals surface area contributed by atoms with Crippen LogP contribution in [0.15, 0.2) is 18.2 Å². The van der Waals surface area contributed by atoms with Crippen molar-refractivity contribution in [2.75, 3.05) is 24.2 Å². The van der Waals surface area contributed by atoms with Crippen molar-refractivity contribution in [2.45, 2.75) is 26.4 Å². The number of nitrogen functional groups attached to an aromatic ring is 1. The second-order valence-electron chi connectivity index (χ2n) is 4.53. The first-order chi connectivity index (χ1) is 7.68. The molecule has 0 saturated carbocycles. The molecule has 1 heterocycles. The van der Waals surface area contributed by atoms with Crippen LogP contribution in [-0.4, -0.2) is 19.3 Å². The predicted molar refractivity (Wildman–Crippen MR) is 67.6 cm³/mol. The monoisotopic (exact) mass is 220 g/mol. The SMILES string of the molecule is Cc1c(N)cccc1NCC1CCOC1C. The van der Waals surface area contributed by atoms with Gasteiger partial charge in [-0.15, -0.1) is 0 Å². The smallest absolute Gasteiger partial charge is 0.0592 e. The molecule has 1 saturated heterocycles. The Labute approximate surface area is 97.0 Å². The molecule has 3 nitrogen and oxygen atoms in total. The normalized spacial score (nSPS) is 24.6. The van der Waals surface area contributed by atoms with Crippen LogP contribution in [0.2, 0.25) is 0 Å². The van der Waals surface area contributed by atoms with Crippen LogP contribution in [0.1, 0.15) is 18.9 Å². The van der Waals surface area contributed by atoms with Gasteiger partial charge in [-0.05, 0) is 38.0 Å². The first kappa shape index (κ1) is 11.3. The van der Waals surface area contributed by atoms with Crippen molar-refractivity contribution in [2.24, 2.45) is 5.92 Å². The highest BCUT2D eigenvalue weighted by Crippen LogP contribution is 2.24. The van der Waals surface area contributed by atoms with Crippen LogP contribution < -0.4 is 11.1 Å². The zero-order valence-electron chi connectivity index (χ0n) is 9.99. The van der Waals surface area contributed by atoms with Crippen LogP contribution in [-0.2, 0) is 4.74 Å². The maximum Gasteiger partial charge on any atom is 0.0592 e. The summed E-state index contributed by atoms with van der Waals surface area (Å²) in [4.78, 5) is 0. The van der Waals surface area contributed by atoms with Gasteiger partial charge in [0, 0.05) is 30.4 Å². The molecule has 0 bridgehead atoms. The lowest BCUT2D eigenvalue weighted by Crippen LogP contribution is -2.21. The molecule has 1 aromatic carbocycles. The highest BCUT2D eigenvalue weighted by atomic mass is 16.5. The molecule has 1 aliphatic rings. The van der Waals surface area contributed by atoms with Crippen LogP contribution in [0, 0.1) is 12.8 Å². The topological polar surface area (TPSA) is 47.3 Å². The number of nitrogens with two attached hydrogens (primary N) is 1. The fourth-order valence-electron chi connectivity index (χ4n) is 2.13. The summed E-state index contributed by atoms with van der Waals surface area (Å²) in [5.41, 5.74) is 8.99. The molecule has 16 heavy (non-hydrogen) atoms. The van der Waals surface area contributed by atoms with E-state index in [1.807, 2.05) is 19.1 Å². The van der Waals surface area contributed by atoms with Crippen molar-refractivity contribution >= 4 is 11.4 Å². The maximum atomic E-state index is 5.87. The van der Waals surface area contributed by atoms with Crippen molar-refractivity contribution < 1.29 is 4.74 Å². The molecule has 2 rings (SSSR count). The van der Waals surface area contributed by atoms with E-state index in [4.69, 9.17) is 10.5 Å². The van der Waals surface area contributed by atoms with E-state index >= 15 is 0 Å². The summed E-state index contributed by atoms with van der Waals surface area (Å²) in [6, 6.07) is 5.99.